The SMILES string of the molecule is O=C1CC2CCC([Se]c3ccccc3)C2O1. The van der Waals surface area contributed by atoms with Gasteiger partial charge in [0.05, 0.1) is 0 Å². The molecule has 0 N–H and O–H groups in total. The Labute approximate surface area is 102 Å². The third-order valence-corrected chi connectivity index (χ3v) is 6.21. The zero-order valence-electron chi connectivity index (χ0n) is 8.96. The molecule has 0 spiro atoms. The van der Waals surface area contributed by atoms with E-state index in [0.717, 1.165) is 0 Å². The molecule has 3 unspecified atom stereocenters. The summed E-state index contributed by atoms with van der Waals surface area (Å²) in [6.07, 6.45) is 3.30. The summed E-state index contributed by atoms with van der Waals surface area (Å²) in [7, 11) is 0. The van der Waals surface area contributed by atoms with E-state index in [2.05, 4.69) is 24.3 Å². The minimum absolute atomic E-state index is 0.0172. The van der Waals surface area contributed by atoms with Crippen molar-refractivity contribution in [1.29, 1.82) is 0 Å². The zero-order chi connectivity index (χ0) is 11.0. The predicted molar refractivity (Wildman–Crippen MR) is 62.8 cm³/mol. The van der Waals surface area contributed by atoms with Crippen LogP contribution in [0.15, 0.2) is 30.3 Å². The third kappa shape index (κ3) is 1.90. The molecule has 2 nitrogen and oxygen atoms in total. The molecule has 2 aliphatic rings. The van der Waals surface area contributed by atoms with Crippen molar-refractivity contribution in [3.63, 3.8) is 0 Å². The Morgan fingerprint density at radius 1 is 1.19 bits per heavy atom. The van der Waals surface area contributed by atoms with Gasteiger partial charge in [0.25, 0.3) is 0 Å². The summed E-state index contributed by atoms with van der Waals surface area (Å²) in [5.74, 6) is 0.534. The van der Waals surface area contributed by atoms with Crippen LogP contribution in [0.1, 0.15) is 19.3 Å². The van der Waals surface area contributed by atoms with Crippen LogP contribution in [0.25, 0.3) is 0 Å². The molecule has 3 heteroatoms. The Bertz CT molecular complexity index is 390. The first-order chi connectivity index (χ1) is 7.83. The number of ether oxygens (including phenoxy) is 1. The summed E-state index contributed by atoms with van der Waals surface area (Å²) in [5, 5.41) is 0. The van der Waals surface area contributed by atoms with Crippen molar-refractivity contribution in [2.75, 3.05) is 0 Å². The molecule has 3 rings (SSSR count). The molecule has 0 radical (unpaired) electrons. The standard InChI is InChI=1S/C13H14O2Se/c14-12-8-9-6-7-11(13(9)15-12)16-10-4-2-1-3-5-10/h1-5,9,11,13H,6-8H2. The van der Waals surface area contributed by atoms with E-state index in [1.165, 1.54) is 17.3 Å². The summed E-state index contributed by atoms with van der Waals surface area (Å²) in [5.41, 5.74) is 0. The van der Waals surface area contributed by atoms with Gasteiger partial charge in [-0.25, -0.2) is 0 Å². The van der Waals surface area contributed by atoms with Crippen LogP contribution in [-0.4, -0.2) is 27.0 Å². The number of hydrogen-bond donors (Lipinski definition) is 0. The van der Waals surface area contributed by atoms with Gasteiger partial charge < -0.3 is 0 Å². The fraction of sp³-hybridized carbons (Fsp3) is 0.462. The van der Waals surface area contributed by atoms with Crippen LogP contribution in [0, 0.1) is 5.92 Å². The quantitative estimate of drug-likeness (QED) is 0.607. The maximum absolute atomic E-state index is 11.2. The molecule has 1 aromatic rings. The molecule has 1 aliphatic heterocycles. The van der Waals surface area contributed by atoms with Gasteiger partial charge in [-0.1, -0.05) is 0 Å². The number of hydrogen-bond acceptors (Lipinski definition) is 2. The van der Waals surface area contributed by atoms with Crippen LogP contribution in [0.3, 0.4) is 0 Å². The van der Waals surface area contributed by atoms with E-state index in [9.17, 15) is 4.79 Å². The Morgan fingerprint density at radius 2 is 2.00 bits per heavy atom. The number of carbonyl (C=O) groups excluding carboxylic acids is 1. The van der Waals surface area contributed by atoms with Crippen molar-refractivity contribution in [3.8, 4) is 0 Å². The van der Waals surface area contributed by atoms with E-state index < -0.39 is 0 Å². The van der Waals surface area contributed by atoms with Crippen molar-refractivity contribution in [3.05, 3.63) is 30.3 Å². The first-order valence-corrected chi connectivity index (χ1v) is 7.59. The summed E-state index contributed by atoms with van der Waals surface area (Å²) in [4.78, 5) is 11.8. The molecule has 0 aromatic heterocycles. The van der Waals surface area contributed by atoms with Crippen LogP contribution in [-0.2, 0) is 9.53 Å². The van der Waals surface area contributed by atoms with Crippen LogP contribution in [0.5, 0.6) is 0 Å². The van der Waals surface area contributed by atoms with E-state index in [0.29, 0.717) is 32.1 Å². The number of benzene rings is 1. The van der Waals surface area contributed by atoms with Crippen LogP contribution < -0.4 is 4.46 Å². The molecule has 1 saturated carbocycles. The number of carbonyl (C=O) groups is 1. The molecule has 1 saturated heterocycles. The topological polar surface area (TPSA) is 26.3 Å². The zero-order valence-corrected chi connectivity index (χ0v) is 10.7. The van der Waals surface area contributed by atoms with Crippen molar-refractivity contribution in [1.82, 2.24) is 0 Å². The fourth-order valence-corrected chi connectivity index (χ4v) is 5.40. The Balaban J connectivity index is 1.70. The van der Waals surface area contributed by atoms with Crippen molar-refractivity contribution >= 4 is 25.4 Å². The molecule has 16 heavy (non-hydrogen) atoms. The van der Waals surface area contributed by atoms with E-state index in [1.54, 1.807) is 0 Å². The van der Waals surface area contributed by atoms with Gasteiger partial charge in [0.1, 0.15) is 0 Å². The monoisotopic (exact) mass is 282 g/mol. The molecule has 84 valence electrons. The van der Waals surface area contributed by atoms with Crippen LogP contribution in [0.4, 0.5) is 0 Å². The number of fused-ring (bicyclic) bond motifs is 1. The Kier molecular flexibility index (Phi) is 2.74. The van der Waals surface area contributed by atoms with Crippen molar-refractivity contribution < 1.29 is 9.53 Å². The molecule has 1 aliphatic carbocycles. The fourth-order valence-electron chi connectivity index (χ4n) is 2.61. The van der Waals surface area contributed by atoms with Gasteiger partial charge in [-0.3, -0.25) is 0 Å². The summed E-state index contributed by atoms with van der Waals surface area (Å²) in [6, 6.07) is 10.6. The van der Waals surface area contributed by atoms with Gasteiger partial charge in [-0.2, -0.15) is 0 Å². The summed E-state index contributed by atoms with van der Waals surface area (Å²) in [6.45, 7) is 0. The molecular weight excluding hydrogens is 267 g/mol. The second kappa shape index (κ2) is 4.23. The average molecular weight is 281 g/mol. The van der Waals surface area contributed by atoms with Crippen LogP contribution in [0.2, 0.25) is 4.82 Å². The first-order valence-electron chi connectivity index (χ1n) is 5.74. The number of esters is 1. The van der Waals surface area contributed by atoms with Crippen molar-refractivity contribution in [2.45, 2.75) is 30.2 Å². The average Bonchev–Trinajstić information content (AvgIpc) is 2.81. The second-order valence-electron chi connectivity index (χ2n) is 4.47. The van der Waals surface area contributed by atoms with E-state index >= 15 is 0 Å². The molecule has 0 bridgehead atoms. The second-order valence-corrected chi connectivity index (χ2v) is 7.22. The van der Waals surface area contributed by atoms with Crippen LogP contribution >= 0.6 is 0 Å². The maximum atomic E-state index is 11.2. The van der Waals surface area contributed by atoms with E-state index in [-0.39, 0.29) is 12.1 Å². The molecule has 0 amide bonds. The van der Waals surface area contributed by atoms with Gasteiger partial charge in [0.2, 0.25) is 0 Å². The molecule has 3 atom stereocenters. The summed E-state index contributed by atoms with van der Waals surface area (Å²) >= 11 is 0.450. The van der Waals surface area contributed by atoms with E-state index in [1.807, 2.05) is 6.07 Å². The normalized spacial score (nSPS) is 32.5. The minimum atomic E-state index is 0.0172. The molecule has 1 heterocycles. The van der Waals surface area contributed by atoms with Gasteiger partial charge in [-0.15, -0.1) is 0 Å². The van der Waals surface area contributed by atoms with Gasteiger partial charge in [-0.05, 0) is 0 Å². The number of rotatable bonds is 2. The van der Waals surface area contributed by atoms with Gasteiger partial charge in [0, 0.05) is 0 Å². The van der Waals surface area contributed by atoms with Gasteiger partial charge >= 0.3 is 101 Å². The molecule has 2 fully saturated rings. The van der Waals surface area contributed by atoms with Gasteiger partial charge in [0.15, 0.2) is 0 Å². The van der Waals surface area contributed by atoms with E-state index in [4.69, 9.17) is 4.74 Å². The summed E-state index contributed by atoms with van der Waals surface area (Å²) < 4.78 is 6.87. The first kappa shape index (κ1) is 10.4. The Hall–Kier alpha value is -0.791. The third-order valence-electron chi connectivity index (χ3n) is 3.38. The van der Waals surface area contributed by atoms with Crippen molar-refractivity contribution in [2.24, 2.45) is 5.92 Å². The molecule has 1 aromatic carbocycles. The Morgan fingerprint density at radius 3 is 2.81 bits per heavy atom. The molecular formula is C13H14O2Se. The predicted octanol–water partition coefficient (Wildman–Crippen LogP) is 1.53.